The molecule has 2 amide bonds. The van der Waals surface area contributed by atoms with Gasteiger partial charge in [-0.2, -0.15) is 0 Å². The first kappa shape index (κ1) is 19.2. The average molecular weight is 364 g/mol. The molecule has 0 saturated carbocycles. The lowest BCUT2D eigenvalue weighted by Crippen LogP contribution is -2.29. The van der Waals surface area contributed by atoms with Crippen LogP contribution in [0.15, 0.2) is 36.4 Å². The Kier molecular flexibility index (Phi) is 5.36. The molecule has 4 heteroatoms. The molecular formula is C23H28N2O2. The lowest BCUT2D eigenvalue weighted by molar-refractivity contribution is -0.122. The zero-order valence-corrected chi connectivity index (χ0v) is 16.8. The van der Waals surface area contributed by atoms with Gasteiger partial charge in [-0.25, -0.2) is 0 Å². The maximum absolute atomic E-state index is 12.9. The third kappa shape index (κ3) is 3.90. The Morgan fingerprint density at radius 3 is 2.37 bits per heavy atom. The quantitative estimate of drug-likeness (QED) is 0.853. The van der Waals surface area contributed by atoms with E-state index in [1.807, 2.05) is 39.0 Å². The minimum Gasteiger partial charge on any atom is -0.325 e. The van der Waals surface area contributed by atoms with E-state index in [9.17, 15) is 9.59 Å². The molecule has 2 aromatic carbocycles. The van der Waals surface area contributed by atoms with E-state index in [4.69, 9.17) is 0 Å². The SMILES string of the molecule is Cc1cc(C)c(NC(=O)C2CC(=O)N(c3ccccc3C(C)C)C2)c(C)c1. The van der Waals surface area contributed by atoms with Crippen molar-refractivity contribution in [2.75, 3.05) is 16.8 Å². The third-order valence-corrected chi connectivity index (χ3v) is 5.27. The maximum atomic E-state index is 12.9. The van der Waals surface area contributed by atoms with Gasteiger partial charge in [0, 0.05) is 24.3 Å². The molecule has 142 valence electrons. The first-order valence-corrected chi connectivity index (χ1v) is 9.56. The van der Waals surface area contributed by atoms with Crippen LogP contribution in [0.5, 0.6) is 0 Å². The smallest absolute Gasteiger partial charge is 0.229 e. The van der Waals surface area contributed by atoms with Crippen molar-refractivity contribution in [2.45, 2.75) is 47.0 Å². The number of amides is 2. The van der Waals surface area contributed by atoms with Crippen LogP contribution in [0.1, 0.15) is 48.4 Å². The van der Waals surface area contributed by atoms with Crippen LogP contribution >= 0.6 is 0 Å². The van der Waals surface area contributed by atoms with E-state index >= 15 is 0 Å². The molecule has 1 aliphatic rings. The van der Waals surface area contributed by atoms with Gasteiger partial charge in [0.25, 0.3) is 0 Å². The molecule has 0 spiro atoms. The number of benzene rings is 2. The van der Waals surface area contributed by atoms with Crippen LogP contribution in [0.4, 0.5) is 11.4 Å². The summed E-state index contributed by atoms with van der Waals surface area (Å²) in [5, 5.41) is 3.06. The maximum Gasteiger partial charge on any atom is 0.229 e. The average Bonchev–Trinajstić information content (AvgIpc) is 2.99. The molecule has 0 aliphatic carbocycles. The van der Waals surface area contributed by atoms with Crippen LogP contribution in [-0.4, -0.2) is 18.4 Å². The number of hydrogen-bond acceptors (Lipinski definition) is 2. The van der Waals surface area contributed by atoms with Crippen molar-refractivity contribution in [2.24, 2.45) is 5.92 Å². The topological polar surface area (TPSA) is 49.4 Å². The van der Waals surface area contributed by atoms with Gasteiger partial charge in [-0.3, -0.25) is 9.59 Å². The summed E-state index contributed by atoms with van der Waals surface area (Å²) < 4.78 is 0. The van der Waals surface area contributed by atoms with Gasteiger partial charge in [-0.1, -0.05) is 49.7 Å². The zero-order chi connectivity index (χ0) is 19.7. The van der Waals surface area contributed by atoms with Crippen molar-refractivity contribution in [3.05, 3.63) is 58.7 Å². The number of nitrogens with zero attached hydrogens (tertiary/aromatic N) is 1. The highest BCUT2D eigenvalue weighted by molar-refractivity contribution is 6.04. The Morgan fingerprint density at radius 1 is 1.11 bits per heavy atom. The molecule has 27 heavy (non-hydrogen) atoms. The third-order valence-electron chi connectivity index (χ3n) is 5.27. The molecule has 1 N–H and O–H groups in total. The molecule has 1 saturated heterocycles. The van der Waals surface area contributed by atoms with Crippen molar-refractivity contribution >= 4 is 23.2 Å². The van der Waals surface area contributed by atoms with Crippen LogP contribution in [0, 0.1) is 26.7 Å². The summed E-state index contributed by atoms with van der Waals surface area (Å²) in [4.78, 5) is 27.3. The van der Waals surface area contributed by atoms with Crippen LogP contribution in [0.2, 0.25) is 0 Å². The van der Waals surface area contributed by atoms with Crippen molar-refractivity contribution in [1.82, 2.24) is 0 Å². The molecule has 1 fully saturated rings. The Hall–Kier alpha value is -2.62. The Balaban J connectivity index is 1.79. The Labute approximate surface area is 161 Å². The van der Waals surface area contributed by atoms with Gasteiger partial charge in [0.1, 0.15) is 0 Å². The predicted octanol–water partition coefficient (Wildman–Crippen LogP) is 4.73. The second-order valence-corrected chi connectivity index (χ2v) is 7.88. The normalized spacial score (nSPS) is 16.9. The van der Waals surface area contributed by atoms with Gasteiger partial charge in [0.05, 0.1) is 5.92 Å². The second kappa shape index (κ2) is 7.55. The minimum atomic E-state index is -0.335. The van der Waals surface area contributed by atoms with Crippen molar-refractivity contribution in [3.8, 4) is 0 Å². The van der Waals surface area contributed by atoms with Crippen LogP contribution in [-0.2, 0) is 9.59 Å². The molecular weight excluding hydrogens is 336 g/mol. The van der Waals surface area contributed by atoms with Crippen LogP contribution < -0.4 is 10.2 Å². The Morgan fingerprint density at radius 2 is 1.74 bits per heavy atom. The summed E-state index contributed by atoms with van der Waals surface area (Å²) >= 11 is 0. The van der Waals surface area contributed by atoms with E-state index in [0.29, 0.717) is 12.5 Å². The molecule has 0 radical (unpaired) electrons. The molecule has 0 aromatic heterocycles. The number of para-hydroxylation sites is 1. The predicted molar refractivity (Wildman–Crippen MR) is 110 cm³/mol. The molecule has 1 atom stereocenters. The van der Waals surface area contributed by atoms with E-state index in [1.165, 1.54) is 5.56 Å². The van der Waals surface area contributed by atoms with Crippen molar-refractivity contribution < 1.29 is 9.59 Å². The second-order valence-electron chi connectivity index (χ2n) is 7.88. The number of carbonyl (C=O) groups excluding carboxylic acids is 2. The van der Waals surface area contributed by atoms with Gasteiger partial charge in [0.15, 0.2) is 0 Å². The fourth-order valence-corrected chi connectivity index (χ4v) is 3.94. The molecule has 1 unspecified atom stereocenters. The highest BCUT2D eigenvalue weighted by Gasteiger charge is 2.36. The molecule has 0 bridgehead atoms. The van der Waals surface area contributed by atoms with E-state index < -0.39 is 0 Å². The number of aryl methyl sites for hydroxylation is 3. The van der Waals surface area contributed by atoms with Gasteiger partial charge >= 0.3 is 0 Å². The molecule has 3 rings (SSSR count). The highest BCUT2D eigenvalue weighted by atomic mass is 16.2. The zero-order valence-electron chi connectivity index (χ0n) is 16.8. The van der Waals surface area contributed by atoms with Crippen molar-refractivity contribution in [1.29, 1.82) is 0 Å². The summed E-state index contributed by atoms with van der Waals surface area (Å²) in [7, 11) is 0. The van der Waals surface area contributed by atoms with Gasteiger partial charge in [0.2, 0.25) is 11.8 Å². The Bertz CT molecular complexity index is 863. The van der Waals surface area contributed by atoms with E-state index in [2.05, 4.69) is 37.4 Å². The van der Waals surface area contributed by atoms with Gasteiger partial charge in [-0.05, 0) is 49.4 Å². The molecule has 2 aromatic rings. The fraction of sp³-hybridized carbons (Fsp3) is 0.391. The summed E-state index contributed by atoms with van der Waals surface area (Å²) in [6.45, 7) is 10.7. The number of rotatable bonds is 4. The fourth-order valence-electron chi connectivity index (χ4n) is 3.94. The van der Waals surface area contributed by atoms with Gasteiger partial charge in [-0.15, -0.1) is 0 Å². The first-order valence-electron chi connectivity index (χ1n) is 9.56. The number of nitrogens with one attached hydrogen (secondary N) is 1. The molecule has 4 nitrogen and oxygen atoms in total. The summed E-state index contributed by atoms with van der Waals surface area (Å²) in [6.07, 6.45) is 0.252. The number of anilines is 2. The molecule has 1 heterocycles. The lowest BCUT2D eigenvalue weighted by Gasteiger charge is -2.22. The molecule has 1 aliphatic heterocycles. The lowest BCUT2D eigenvalue weighted by atomic mass is 10.0. The van der Waals surface area contributed by atoms with Crippen molar-refractivity contribution in [3.63, 3.8) is 0 Å². The minimum absolute atomic E-state index is 0.0144. The van der Waals surface area contributed by atoms with Gasteiger partial charge < -0.3 is 10.2 Å². The standard InChI is InChI=1S/C23H28N2O2/c1-14(2)19-8-6-7-9-20(19)25-13-18(12-21(25)26)23(27)24-22-16(4)10-15(3)11-17(22)5/h6-11,14,18H,12-13H2,1-5H3,(H,24,27). The van der Waals surface area contributed by atoms with Crippen LogP contribution in [0.25, 0.3) is 0 Å². The number of hydrogen-bond donors (Lipinski definition) is 1. The van der Waals surface area contributed by atoms with E-state index in [1.54, 1.807) is 4.90 Å². The largest absolute Gasteiger partial charge is 0.325 e. The summed E-state index contributed by atoms with van der Waals surface area (Å²) in [5.74, 6) is -0.0823. The first-order chi connectivity index (χ1) is 12.8. The summed E-state index contributed by atoms with van der Waals surface area (Å²) in [6, 6.07) is 12.1. The monoisotopic (exact) mass is 364 g/mol. The van der Waals surface area contributed by atoms with E-state index in [-0.39, 0.29) is 24.2 Å². The summed E-state index contributed by atoms with van der Waals surface area (Å²) in [5.41, 5.74) is 6.20. The van der Waals surface area contributed by atoms with E-state index in [0.717, 1.165) is 28.1 Å². The number of carbonyl (C=O) groups is 2. The van der Waals surface area contributed by atoms with Crippen LogP contribution in [0.3, 0.4) is 0 Å². The highest BCUT2D eigenvalue weighted by Crippen LogP contribution is 2.33.